The predicted molar refractivity (Wildman–Crippen MR) is 54.6 cm³/mol. The average Bonchev–Trinajstić information content (AvgIpc) is 2.37. The number of ether oxygens (including phenoxy) is 1. The fraction of sp³-hybridized carbons (Fsp3) is 1.00. The van der Waals surface area contributed by atoms with Crippen molar-refractivity contribution < 1.29 is 4.74 Å². The smallest absolute Gasteiger partial charge is 0.0767 e. The molecule has 0 aromatic carbocycles. The first-order valence-electron chi connectivity index (χ1n) is 5.37. The zero-order chi connectivity index (χ0) is 10.1. The Kier molecular flexibility index (Phi) is 1.56. The highest BCUT2D eigenvalue weighted by Crippen LogP contribution is 2.66. The summed E-state index contributed by atoms with van der Waals surface area (Å²) in [6.45, 7) is 14.0. The molecule has 3 atom stereocenters. The first-order valence-corrected chi connectivity index (χ1v) is 5.37. The van der Waals surface area contributed by atoms with Gasteiger partial charge in [-0.2, -0.15) is 0 Å². The van der Waals surface area contributed by atoms with Crippen molar-refractivity contribution in [1.82, 2.24) is 0 Å². The molecule has 0 spiro atoms. The minimum atomic E-state index is 0.135. The van der Waals surface area contributed by atoms with Crippen LogP contribution in [-0.4, -0.2) is 11.7 Å². The van der Waals surface area contributed by atoms with E-state index in [0.29, 0.717) is 16.9 Å². The second kappa shape index (κ2) is 2.13. The lowest BCUT2D eigenvalue weighted by Crippen LogP contribution is -2.60. The Labute approximate surface area is 81.9 Å². The molecule has 0 radical (unpaired) electrons. The Morgan fingerprint density at radius 3 is 1.85 bits per heavy atom. The van der Waals surface area contributed by atoms with E-state index in [0.717, 1.165) is 5.92 Å². The highest BCUT2D eigenvalue weighted by Gasteiger charge is 2.70. The lowest BCUT2D eigenvalue weighted by molar-refractivity contribution is -0.266. The standard InChI is InChI=1S/C12H22O/c1-10(2,3)8-7-9-11(4,5)12(8,6)13-9/h8-9H,7H2,1-6H3. The third kappa shape index (κ3) is 0.918. The molecular weight excluding hydrogens is 160 g/mol. The fourth-order valence-electron chi connectivity index (χ4n) is 3.35. The first kappa shape index (κ1) is 9.51. The van der Waals surface area contributed by atoms with Crippen LogP contribution < -0.4 is 0 Å². The van der Waals surface area contributed by atoms with Crippen LogP contribution in [0.25, 0.3) is 0 Å². The molecule has 1 saturated carbocycles. The molecule has 0 amide bonds. The zero-order valence-corrected chi connectivity index (χ0v) is 9.77. The van der Waals surface area contributed by atoms with Crippen molar-refractivity contribution in [3.8, 4) is 0 Å². The van der Waals surface area contributed by atoms with Crippen molar-refractivity contribution in [1.29, 1.82) is 0 Å². The van der Waals surface area contributed by atoms with Gasteiger partial charge >= 0.3 is 0 Å². The summed E-state index contributed by atoms with van der Waals surface area (Å²) >= 11 is 0. The van der Waals surface area contributed by atoms with Gasteiger partial charge in [0.2, 0.25) is 0 Å². The number of fused-ring (bicyclic) bond motifs is 1. The molecule has 76 valence electrons. The van der Waals surface area contributed by atoms with Gasteiger partial charge < -0.3 is 4.74 Å². The molecule has 1 aliphatic carbocycles. The molecule has 3 unspecified atom stereocenters. The Morgan fingerprint density at radius 2 is 1.69 bits per heavy atom. The van der Waals surface area contributed by atoms with Crippen LogP contribution >= 0.6 is 0 Å². The summed E-state index contributed by atoms with van der Waals surface area (Å²) in [4.78, 5) is 0. The van der Waals surface area contributed by atoms with Crippen molar-refractivity contribution in [3.05, 3.63) is 0 Å². The second-order valence-electron chi connectivity index (χ2n) is 6.59. The van der Waals surface area contributed by atoms with E-state index in [4.69, 9.17) is 4.74 Å². The molecule has 0 aromatic heterocycles. The van der Waals surface area contributed by atoms with Crippen LogP contribution in [0.2, 0.25) is 0 Å². The number of hydrogen-bond acceptors (Lipinski definition) is 1. The van der Waals surface area contributed by atoms with Gasteiger partial charge in [0, 0.05) is 5.41 Å². The molecule has 0 N–H and O–H groups in total. The van der Waals surface area contributed by atoms with Crippen LogP contribution in [0.15, 0.2) is 0 Å². The van der Waals surface area contributed by atoms with Crippen LogP contribution in [-0.2, 0) is 4.74 Å². The fourth-order valence-corrected chi connectivity index (χ4v) is 3.35. The minimum Gasteiger partial charge on any atom is -0.370 e. The molecule has 2 saturated heterocycles. The monoisotopic (exact) mass is 182 g/mol. The number of rotatable bonds is 0. The Morgan fingerprint density at radius 1 is 1.15 bits per heavy atom. The van der Waals surface area contributed by atoms with E-state index in [2.05, 4.69) is 41.5 Å². The molecule has 1 nitrogen and oxygen atoms in total. The van der Waals surface area contributed by atoms with E-state index in [-0.39, 0.29) is 5.60 Å². The largest absolute Gasteiger partial charge is 0.370 e. The molecule has 3 aliphatic rings. The maximum atomic E-state index is 5.99. The highest BCUT2D eigenvalue weighted by atomic mass is 16.5. The van der Waals surface area contributed by atoms with Gasteiger partial charge in [0.05, 0.1) is 11.7 Å². The Balaban J connectivity index is 2.30. The molecule has 2 bridgehead atoms. The van der Waals surface area contributed by atoms with E-state index in [9.17, 15) is 0 Å². The summed E-state index contributed by atoms with van der Waals surface area (Å²) in [7, 11) is 0. The molecule has 3 fully saturated rings. The van der Waals surface area contributed by atoms with Gasteiger partial charge in [0.25, 0.3) is 0 Å². The maximum Gasteiger partial charge on any atom is 0.0767 e. The summed E-state index contributed by atoms with van der Waals surface area (Å²) in [6, 6.07) is 0. The van der Waals surface area contributed by atoms with Crippen molar-refractivity contribution >= 4 is 0 Å². The normalized spacial score (nSPS) is 47.5. The lowest BCUT2D eigenvalue weighted by Gasteiger charge is -2.55. The van der Waals surface area contributed by atoms with Crippen LogP contribution in [0.5, 0.6) is 0 Å². The van der Waals surface area contributed by atoms with Crippen LogP contribution in [0.4, 0.5) is 0 Å². The number of hydrogen-bond donors (Lipinski definition) is 0. The van der Waals surface area contributed by atoms with Gasteiger partial charge in [-0.15, -0.1) is 0 Å². The van der Waals surface area contributed by atoms with Gasteiger partial charge in [-0.3, -0.25) is 0 Å². The summed E-state index contributed by atoms with van der Waals surface area (Å²) in [5.41, 5.74) is 0.915. The van der Waals surface area contributed by atoms with Crippen LogP contribution in [0, 0.1) is 16.7 Å². The summed E-state index contributed by atoms with van der Waals surface area (Å²) < 4.78 is 5.99. The average molecular weight is 182 g/mol. The van der Waals surface area contributed by atoms with Gasteiger partial charge in [0.15, 0.2) is 0 Å². The molecule has 2 aliphatic heterocycles. The van der Waals surface area contributed by atoms with Crippen LogP contribution in [0.1, 0.15) is 48.0 Å². The van der Waals surface area contributed by atoms with E-state index < -0.39 is 0 Å². The van der Waals surface area contributed by atoms with Gasteiger partial charge in [-0.05, 0) is 24.7 Å². The maximum absolute atomic E-state index is 5.99. The molecule has 13 heavy (non-hydrogen) atoms. The minimum absolute atomic E-state index is 0.135. The molecule has 3 rings (SSSR count). The van der Waals surface area contributed by atoms with E-state index in [1.54, 1.807) is 0 Å². The molecule has 0 aromatic rings. The third-order valence-electron chi connectivity index (χ3n) is 4.63. The zero-order valence-electron chi connectivity index (χ0n) is 9.77. The Hall–Kier alpha value is -0.0400. The summed E-state index contributed by atoms with van der Waals surface area (Å²) in [6.07, 6.45) is 1.77. The topological polar surface area (TPSA) is 9.23 Å². The lowest BCUT2D eigenvalue weighted by atomic mass is 9.64. The highest BCUT2D eigenvalue weighted by molar-refractivity contribution is 5.18. The molecular formula is C12H22O. The molecule has 1 heteroatoms. The van der Waals surface area contributed by atoms with Crippen LogP contribution in [0.3, 0.4) is 0 Å². The third-order valence-corrected chi connectivity index (χ3v) is 4.63. The predicted octanol–water partition coefficient (Wildman–Crippen LogP) is 3.24. The van der Waals surface area contributed by atoms with Crippen molar-refractivity contribution in [2.45, 2.75) is 59.7 Å². The van der Waals surface area contributed by atoms with Crippen molar-refractivity contribution in [2.75, 3.05) is 0 Å². The quantitative estimate of drug-likeness (QED) is 0.559. The summed E-state index contributed by atoms with van der Waals surface area (Å²) in [5.74, 6) is 0.722. The van der Waals surface area contributed by atoms with Gasteiger partial charge in [-0.25, -0.2) is 0 Å². The van der Waals surface area contributed by atoms with E-state index in [1.165, 1.54) is 6.42 Å². The second-order valence-corrected chi connectivity index (χ2v) is 6.59. The van der Waals surface area contributed by atoms with Crippen molar-refractivity contribution in [2.24, 2.45) is 16.7 Å². The van der Waals surface area contributed by atoms with Crippen molar-refractivity contribution in [3.63, 3.8) is 0 Å². The molecule has 2 heterocycles. The van der Waals surface area contributed by atoms with Gasteiger partial charge in [0.1, 0.15) is 0 Å². The van der Waals surface area contributed by atoms with Gasteiger partial charge in [-0.1, -0.05) is 34.6 Å². The van der Waals surface area contributed by atoms with E-state index in [1.807, 2.05) is 0 Å². The Bertz CT molecular complexity index is 236. The SMILES string of the molecule is CC(C)(C)C1CC2OC1(C)C2(C)C. The summed E-state index contributed by atoms with van der Waals surface area (Å²) in [5, 5.41) is 0. The first-order chi connectivity index (χ1) is 5.69. The van der Waals surface area contributed by atoms with E-state index >= 15 is 0 Å².